The second kappa shape index (κ2) is 13.1. The molecule has 0 saturated carbocycles. The van der Waals surface area contributed by atoms with Crippen molar-refractivity contribution >= 4 is 0 Å². The molecule has 0 aliphatic rings. The molecule has 0 amide bonds. The molecule has 0 N–H and O–H groups in total. The van der Waals surface area contributed by atoms with Gasteiger partial charge < -0.3 is 0 Å². The van der Waals surface area contributed by atoms with Crippen LogP contribution < -0.4 is 0 Å². The molecular weight excluding hydrogens is 192 g/mol. The third-order valence-electron chi connectivity index (χ3n) is 3.43. The molecule has 0 rings (SSSR count). The summed E-state index contributed by atoms with van der Waals surface area (Å²) in [6.07, 6.45) is 16.8. The van der Waals surface area contributed by atoms with Crippen molar-refractivity contribution < 1.29 is 0 Å². The maximum absolute atomic E-state index is 4.27. The summed E-state index contributed by atoms with van der Waals surface area (Å²) in [5.74, 6) is 0.725. The zero-order chi connectivity index (χ0) is 12.1. The molecule has 0 atom stereocenters. The largest absolute Gasteiger partial charge is 0.0654 e. The van der Waals surface area contributed by atoms with Gasteiger partial charge in [0.25, 0.3) is 0 Å². The van der Waals surface area contributed by atoms with Crippen molar-refractivity contribution in [3.63, 3.8) is 0 Å². The van der Waals surface area contributed by atoms with E-state index in [2.05, 4.69) is 20.8 Å². The number of rotatable bonds is 12. The second-order valence-corrected chi connectivity index (χ2v) is 5.27. The van der Waals surface area contributed by atoms with E-state index in [1.54, 1.807) is 0 Å². The molecule has 97 valence electrons. The first-order valence-electron chi connectivity index (χ1n) is 7.64. The zero-order valence-corrected chi connectivity index (χ0v) is 11.8. The van der Waals surface area contributed by atoms with Crippen LogP contribution >= 0.6 is 0 Å². The Morgan fingerprint density at radius 2 is 1.00 bits per heavy atom. The third-order valence-corrected chi connectivity index (χ3v) is 3.43. The third kappa shape index (κ3) is 12.1. The van der Waals surface area contributed by atoms with Crippen LogP contribution in [0.4, 0.5) is 0 Å². The molecule has 0 nitrogen and oxygen atoms in total. The van der Waals surface area contributed by atoms with E-state index in [0.29, 0.717) is 0 Å². The molecule has 0 aromatic rings. The Labute approximate surface area is 104 Å². The summed E-state index contributed by atoms with van der Waals surface area (Å²) in [5.41, 5.74) is 0. The van der Waals surface area contributed by atoms with Crippen LogP contribution in [0, 0.1) is 12.8 Å². The van der Waals surface area contributed by atoms with Crippen molar-refractivity contribution in [2.45, 2.75) is 90.9 Å². The summed E-state index contributed by atoms with van der Waals surface area (Å²) in [6, 6.07) is 0. The van der Waals surface area contributed by atoms with Crippen LogP contribution in [0.3, 0.4) is 0 Å². The van der Waals surface area contributed by atoms with E-state index in [-0.39, 0.29) is 0 Å². The van der Waals surface area contributed by atoms with E-state index >= 15 is 0 Å². The molecule has 0 aliphatic carbocycles. The Bertz CT molecular complexity index is 103. The van der Waals surface area contributed by atoms with Crippen LogP contribution in [-0.2, 0) is 0 Å². The van der Waals surface area contributed by atoms with Crippen molar-refractivity contribution in [2.24, 2.45) is 5.92 Å². The molecule has 0 bridgehead atoms. The molecule has 0 heteroatoms. The lowest BCUT2D eigenvalue weighted by Gasteiger charge is -2.10. The second-order valence-electron chi connectivity index (χ2n) is 5.27. The van der Waals surface area contributed by atoms with Gasteiger partial charge in [0.1, 0.15) is 0 Å². The predicted molar refractivity (Wildman–Crippen MR) is 75.6 cm³/mol. The Balaban J connectivity index is 3.09. The van der Waals surface area contributed by atoms with Gasteiger partial charge in [0, 0.05) is 0 Å². The van der Waals surface area contributed by atoms with E-state index in [9.17, 15) is 0 Å². The first-order chi connectivity index (χ1) is 7.81. The van der Waals surface area contributed by atoms with E-state index in [4.69, 9.17) is 0 Å². The lowest BCUT2D eigenvalue weighted by atomic mass is 9.96. The number of hydrogen-bond donors (Lipinski definition) is 0. The summed E-state index contributed by atoms with van der Waals surface area (Å²) in [7, 11) is 0. The smallest absolute Gasteiger partial charge is 0.0414 e. The lowest BCUT2D eigenvalue weighted by Crippen LogP contribution is -1.95. The molecule has 0 spiro atoms. The van der Waals surface area contributed by atoms with Gasteiger partial charge in [-0.3, -0.25) is 0 Å². The van der Waals surface area contributed by atoms with Crippen molar-refractivity contribution in [2.75, 3.05) is 0 Å². The molecular formula is C16H33. The topological polar surface area (TPSA) is 0 Å². The molecule has 0 saturated heterocycles. The summed E-state index contributed by atoms with van der Waals surface area (Å²) in [5, 5.41) is 0. The van der Waals surface area contributed by atoms with Crippen LogP contribution in [0.15, 0.2) is 0 Å². The highest BCUT2D eigenvalue weighted by Crippen LogP contribution is 2.17. The van der Waals surface area contributed by atoms with Crippen molar-refractivity contribution in [3.8, 4) is 0 Å². The minimum atomic E-state index is 0.725. The Morgan fingerprint density at radius 1 is 0.625 bits per heavy atom. The van der Waals surface area contributed by atoms with Crippen molar-refractivity contribution in [1.29, 1.82) is 0 Å². The van der Waals surface area contributed by atoms with Crippen molar-refractivity contribution in [1.82, 2.24) is 0 Å². The molecule has 0 fully saturated rings. The lowest BCUT2D eigenvalue weighted by molar-refractivity contribution is 0.466. The van der Waals surface area contributed by atoms with Gasteiger partial charge in [0.05, 0.1) is 0 Å². The summed E-state index contributed by atoms with van der Waals surface area (Å²) < 4.78 is 0. The average Bonchev–Trinajstić information content (AvgIpc) is 2.28. The molecule has 0 aliphatic heterocycles. The van der Waals surface area contributed by atoms with Gasteiger partial charge >= 0.3 is 0 Å². The average molecular weight is 225 g/mol. The summed E-state index contributed by atoms with van der Waals surface area (Å²) >= 11 is 0. The monoisotopic (exact) mass is 225 g/mol. The van der Waals surface area contributed by atoms with E-state index < -0.39 is 0 Å². The van der Waals surface area contributed by atoms with Gasteiger partial charge in [-0.15, -0.1) is 0 Å². The quantitative estimate of drug-likeness (QED) is 0.349. The van der Waals surface area contributed by atoms with Gasteiger partial charge in [0.2, 0.25) is 0 Å². The van der Waals surface area contributed by atoms with Crippen LogP contribution in [0.5, 0.6) is 0 Å². The van der Waals surface area contributed by atoms with Crippen LogP contribution in [0.1, 0.15) is 90.9 Å². The summed E-state index contributed by atoms with van der Waals surface area (Å²) in [6.45, 7) is 8.83. The fraction of sp³-hybridized carbons (Fsp3) is 0.938. The van der Waals surface area contributed by atoms with Crippen LogP contribution in [0.25, 0.3) is 0 Å². The van der Waals surface area contributed by atoms with E-state index in [1.165, 1.54) is 77.0 Å². The Hall–Kier alpha value is 0. The minimum absolute atomic E-state index is 0.725. The fourth-order valence-electron chi connectivity index (χ4n) is 2.22. The van der Waals surface area contributed by atoms with Gasteiger partial charge in [-0.2, -0.15) is 0 Å². The Kier molecular flexibility index (Phi) is 13.1. The van der Waals surface area contributed by atoms with Gasteiger partial charge in [-0.25, -0.2) is 0 Å². The van der Waals surface area contributed by atoms with E-state index in [1.807, 2.05) is 0 Å². The molecule has 0 aromatic carbocycles. The van der Waals surface area contributed by atoms with Crippen molar-refractivity contribution in [3.05, 3.63) is 6.92 Å². The predicted octanol–water partition coefficient (Wildman–Crippen LogP) is 6.16. The van der Waals surface area contributed by atoms with E-state index in [0.717, 1.165) is 5.92 Å². The first kappa shape index (κ1) is 16.0. The highest BCUT2D eigenvalue weighted by molar-refractivity contribution is 4.62. The number of unbranched alkanes of at least 4 members (excludes halogenated alkanes) is 8. The maximum atomic E-state index is 4.27. The maximum Gasteiger partial charge on any atom is -0.0414 e. The first-order valence-corrected chi connectivity index (χ1v) is 7.64. The SMILES string of the molecule is [CH2]C(CCCCCCC)CCCCCCC. The fourth-order valence-corrected chi connectivity index (χ4v) is 2.22. The highest BCUT2D eigenvalue weighted by atomic mass is 14.1. The molecule has 16 heavy (non-hydrogen) atoms. The molecule has 0 unspecified atom stereocenters. The molecule has 0 heterocycles. The normalized spacial score (nSPS) is 11.2. The highest BCUT2D eigenvalue weighted by Gasteiger charge is 2.01. The zero-order valence-electron chi connectivity index (χ0n) is 11.8. The minimum Gasteiger partial charge on any atom is -0.0654 e. The Morgan fingerprint density at radius 3 is 1.38 bits per heavy atom. The van der Waals surface area contributed by atoms with Gasteiger partial charge in [-0.1, -0.05) is 97.8 Å². The van der Waals surface area contributed by atoms with Crippen LogP contribution in [-0.4, -0.2) is 0 Å². The standard InChI is InChI=1S/C16H33/c1-4-6-8-10-12-14-16(3)15-13-11-9-7-5-2/h16H,3-15H2,1-2H3. The number of hydrogen-bond acceptors (Lipinski definition) is 0. The van der Waals surface area contributed by atoms with Gasteiger partial charge in [0.15, 0.2) is 0 Å². The summed E-state index contributed by atoms with van der Waals surface area (Å²) in [4.78, 5) is 0. The van der Waals surface area contributed by atoms with Crippen LogP contribution in [0.2, 0.25) is 0 Å². The van der Waals surface area contributed by atoms with Gasteiger partial charge in [-0.05, 0) is 5.92 Å². The molecule has 1 radical (unpaired) electrons. The molecule has 0 aromatic heterocycles.